The lowest BCUT2D eigenvalue weighted by atomic mass is 10.1. The zero-order chi connectivity index (χ0) is 17.4. The van der Waals surface area contributed by atoms with Crippen molar-refractivity contribution in [2.45, 2.75) is 32.5 Å². The van der Waals surface area contributed by atoms with E-state index >= 15 is 0 Å². The van der Waals surface area contributed by atoms with E-state index in [0.717, 1.165) is 11.1 Å². The Morgan fingerprint density at radius 3 is 2.79 bits per heavy atom. The average molecular weight is 348 g/mol. The summed E-state index contributed by atoms with van der Waals surface area (Å²) in [6.07, 6.45) is 0.419. The van der Waals surface area contributed by atoms with Crippen LogP contribution in [-0.4, -0.2) is 23.7 Å². The van der Waals surface area contributed by atoms with Gasteiger partial charge >= 0.3 is 0 Å². The number of benzene rings is 2. The maximum Gasteiger partial charge on any atom is 0.224 e. The van der Waals surface area contributed by atoms with Crippen molar-refractivity contribution in [2.75, 3.05) is 6.54 Å². The van der Waals surface area contributed by atoms with Gasteiger partial charge in [0.15, 0.2) is 0 Å². The Kier molecular flexibility index (Phi) is 7.09. The van der Waals surface area contributed by atoms with Gasteiger partial charge in [-0.05, 0) is 37.1 Å². The van der Waals surface area contributed by atoms with Crippen LogP contribution in [0.3, 0.4) is 0 Å². The Balaban J connectivity index is 1.87. The van der Waals surface area contributed by atoms with Gasteiger partial charge in [0.05, 0.1) is 12.5 Å². The van der Waals surface area contributed by atoms with Gasteiger partial charge in [-0.15, -0.1) is 0 Å². The molecule has 0 aromatic heterocycles. The van der Waals surface area contributed by atoms with Gasteiger partial charge in [-0.25, -0.2) is 0 Å². The highest BCUT2D eigenvalue weighted by molar-refractivity contribution is 6.31. The Hall–Kier alpha value is -2.04. The fourth-order valence-electron chi connectivity index (χ4n) is 2.19. The number of carbonyl (C=O) groups is 1. The van der Waals surface area contributed by atoms with Crippen LogP contribution >= 0.6 is 11.6 Å². The maximum atomic E-state index is 11.9. The van der Waals surface area contributed by atoms with Crippen LogP contribution in [-0.2, 0) is 17.8 Å². The van der Waals surface area contributed by atoms with Crippen molar-refractivity contribution < 1.29 is 14.6 Å². The zero-order valence-electron chi connectivity index (χ0n) is 13.7. The van der Waals surface area contributed by atoms with Crippen LogP contribution in [0.25, 0.3) is 0 Å². The molecule has 24 heavy (non-hydrogen) atoms. The van der Waals surface area contributed by atoms with Crippen LogP contribution in [0.5, 0.6) is 5.75 Å². The molecule has 5 heteroatoms. The van der Waals surface area contributed by atoms with Crippen molar-refractivity contribution in [3.05, 3.63) is 64.7 Å². The fraction of sp³-hybridized carbons (Fsp3) is 0.316. The molecule has 0 heterocycles. The second-order valence-electron chi connectivity index (χ2n) is 5.69. The molecule has 2 aromatic carbocycles. The molecule has 1 atom stereocenters. The molecule has 1 unspecified atom stereocenters. The standard InChI is InChI=1S/C19H22ClNO3/c1-14(22)9-10-21-19(23)12-15-5-4-7-17(11-15)24-13-16-6-2-3-8-18(16)20/h2-8,11,14,22H,9-10,12-13H2,1H3,(H,21,23). The molecule has 128 valence electrons. The summed E-state index contributed by atoms with van der Waals surface area (Å²) in [7, 11) is 0. The summed E-state index contributed by atoms with van der Waals surface area (Å²) in [5, 5.41) is 12.6. The molecule has 0 radical (unpaired) electrons. The van der Waals surface area contributed by atoms with Gasteiger partial charge < -0.3 is 15.2 Å². The predicted octanol–water partition coefficient (Wildman–Crippen LogP) is 3.35. The molecule has 0 aliphatic heterocycles. The molecule has 0 aliphatic carbocycles. The molecular formula is C19H22ClNO3. The molecule has 0 bridgehead atoms. The number of aliphatic hydroxyl groups is 1. The van der Waals surface area contributed by atoms with E-state index in [1.165, 1.54) is 0 Å². The SMILES string of the molecule is CC(O)CCNC(=O)Cc1cccc(OCc2ccccc2Cl)c1. The first-order valence-corrected chi connectivity index (χ1v) is 8.32. The number of hydrogen-bond donors (Lipinski definition) is 2. The predicted molar refractivity (Wildman–Crippen MR) is 95.2 cm³/mol. The highest BCUT2D eigenvalue weighted by Gasteiger charge is 2.06. The zero-order valence-corrected chi connectivity index (χ0v) is 14.4. The summed E-state index contributed by atoms with van der Waals surface area (Å²) in [6.45, 7) is 2.55. The first kappa shape index (κ1) is 18.3. The van der Waals surface area contributed by atoms with E-state index in [4.69, 9.17) is 16.3 Å². The molecule has 4 nitrogen and oxygen atoms in total. The van der Waals surface area contributed by atoms with Gasteiger partial charge in [0, 0.05) is 17.1 Å². The van der Waals surface area contributed by atoms with Crippen LogP contribution in [0.2, 0.25) is 5.02 Å². The van der Waals surface area contributed by atoms with Gasteiger partial charge in [0.2, 0.25) is 5.91 Å². The monoisotopic (exact) mass is 347 g/mol. The summed E-state index contributed by atoms with van der Waals surface area (Å²) in [6, 6.07) is 15.0. The summed E-state index contributed by atoms with van der Waals surface area (Å²) in [5.41, 5.74) is 1.79. The molecule has 2 N–H and O–H groups in total. The van der Waals surface area contributed by atoms with Gasteiger partial charge in [-0.2, -0.15) is 0 Å². The Labute approximate surface area is 147 Å². The number of nitrogens with one attached hydrogen (secondary N) is 1. The minimum atomic E-state index is -0.410. The average Bonchev–Trinajstić information content (AvgIpc) is 2.54. The largest absolute Gasteiger partial charge is 0.489 e. The summed E-state index contributed by atoms with van der Waals surface area (Å²) >= 11 is 6.11. The number of aliphatic hydroxyl groups excluding tert-OH is 1. The first-order valence-electron chi connectivity index (χ1n) is 7.94. The van der Waals surface area contributed by atoms with Gasteiger partial charge in [-0.1, -0.05) is 41.9 Å². The van der Waals surface area contributed by atoms with E-state index in [-0.39, 0.29) is 12.3 Å². The summed E-state index contributed by atoms with van der Waals surface area (Å²) in [5.74, 6) is 0.628. The first-order chi connectivity index (χ1) is 11.5. The van der Waals surface area contributed by atoms with E-state index in [2.05, 4.69) is 5.32 Å². The molecule has 0 saturated heterocycles. The van der Waals surface area contributed by atoms with Gasteiger partial charge in [0.25, 0.3) is 0 Å². The van der Waals surface area contributed by atoms with Crippen LogP contribution in [0, 0.1) is 0 Å². The third-order valence-electron chi connectivity index (χ3n) is 3.50. The number of halogens is 1. The lowest BCUT2D eigenvalue weighted by Gasteiger charge is -2.10. The molecule has 2 aromatic rings. The van der Waals surface area contributed by atoms with E-state index in [1.54, 1.807) is 6.92 Å². The molecular weight excluding hydrogens is 326 g/mol. The summed E-state index contributed by atoms with van der Waals surface area (Å²) in [4.78, 5) is 11.9. The molecule has 2 rings (SSSR count). The molecule has 0 fully saturated rings. The van der Waals surface area contributed by atoms with E-state index in [1.807, 2.05) is 48.5 Å². The molecule has 0 saturated carbocycles. The highest BCUT2D eigenvalue weighted by atomic mass is 35.5. The smallest absolute Gasteiger partial charge is 0.224 e. The number of carbonyl (C=O) groups excluding carboxylic acids is 1. The minimum absolute atomic E-state index is 0.0705. The normalized spacial score (nSPS) is 11.8. The van der Waals surface area contributed by atoms with Crippen molar-refractivity contribution in [3.63, 3.8) is 0 Å². The van der Waals surface area contributed by atoms with E-state index in [0.29, 0.717) is 30.3 Å². The van der Waals surface area contributed by atoms with Crippen molar-refractivity contribution in [3.8, 4) is 5.75 Å². The van der Waals surface area contributed by atoms with Gasteiger partial charge in [0.1, 0.15) is 12.4 Å². The quantitative estimate of drug-likeness (QED) is 0.770. The molecule has 0 aliphatic rings. The van der Waals surface area contributed by atoms with Gasteiger partial charge in [-0.3, -0.25) is 4.79 Å². The lowest BCUT2D eigenvalue weighted by Crippen LogP contribution is -2.27. The fourth-order valence-corrected chi connectivity index (χ4v) is 2.38. The van der Waals surface area contributed by atoms with Crippen LogP contribution in [0.15, 0.2) is 48.5 Å². The van der Waals surface area contributed by atoms with Crippen LogP contribution in [0.4, 0.5) is 0 Å². The Bertz CT molecular complexity index is 673. The lowest BCUT2D eigenvalue weighted by molar-refractivity contribution is -0.120. The number of hydrogen-bond acceptors (Lipinski definition) is 3. The minimum Gasteiger partial charge on any atom is -0.489 e. The number of amides is 1. The second kappa shape index (κ2) is 9.30. The van der Waals surface area contributed by atoms with E-state index < -0.39 is 6.10 Å². The van der Waals surface area contributed by atoms with Crippen molar-refractivity contribution in [1.29, 1.82) is 0 Å². The van der Waals surface area contributed by atoms with Crippen LogP contribution in [0.1, 0.15) is 24.5 Å². The Morgan fingerprint density at radius 2 is 2.04 bits per heavy atom. The Morgan fingerprint density at radius 1 is 1.25 bits per heavy atom. The molecule has 1 amide bonds. The number of ether oxygens (including phenoxy) is 1. The number of rotatable bonds is 8. The highest BCUT2D eigenvalue weighted by Crippen LogP contribution is 2.19. The second-order valence-corrected chi connectivity index (χ2v) is 6.10. The van der Waals surface area contributed by atoms with Crippen molar-refractivity contribution in [1.82, 2.24) is 5.32 Å². The third-order valence-corrected chi connectivity index (χ3v) is 3.87. The van der Waals surface area contributed by atoms with Crippen LogP contribution < -0.4 is 10.1 Å². The maximum absolute atomic E-state index is 11.9. The molecule has 0 spiro atoms. The van der Waals surface area contributed by atoms with E-state index in [9.17, 15) is 9.90 Å². The van der Waals surface area contributed by atoms with Crippen molar-refractivity contribution >= 4 is 17.5 Å². The summed E-state index contributed by atoms with van der Waals surface area (Å²) < 4.78 is 5.76. The topological polar surface area (TPSA) is 58.6 Å². The third kappa shape index (κ3) is 6.22. The van der Waals surface area contributed by atoms with Crippen molar-refractivity contribution in [2.24, 2.45) is 0 Å².